The molecule has 0 amide bonds. The summed E-state index contributed by atoms with van der Waals surface area (Å²) in [5.74, 6) is -0.280. The van der Waals surface area contributed by atoms with Crippen molar-refractivity contribution >= 4 is 5.97 Å². The van der Waals surface area contributed by atoms with Crippen molar-refractivity contribution in [1.82, 2.24) is 0 Å². The SMILES string of the molecule is [CH2-]OC(=O)C(C)(C)C.[Y]. The molecule has 0 rings (SSSR count). The van der Waals surface area contributed by atoms with Crippen LogP contribution in [0.1, 0.15) is 20.8 Å². The molecule has 0 aliphatic carbocycles. The Balaban J connectivity index is 0. The monoisotopic (exact) mass is 204 g/mol. The molecule has 3 heteroatoms. The van der Waals surface area contributed by atoms with Gasteiger partial charge < -0.3 is 4.74 Å². The van der Waals surface area contributed by atoms with Gasteiger partial charge in [0.2, 0.25) is 0 Å². The maximum absolute atomic E-state index is 10.5. The molecule has 0 atom stereocenters. The summed E-state index contributed by atoms with van der Waals surface area (Å²) in [5, 5.41) is 0. The van der Waals surface area contributed by atoms with Crippen LogP contribution in [0.4, 0.5) is 0 Å². The summed E-state index contributed by atoms with van der Waals surface area (Å²) in [7, 11) is 3.00. The van der Waals surface area contributed by atoms with E-state index in [-0.39, 0.29) is 38.7 Å². The van der Waals surface area contributed by atoms with Crippen LogP contribution in [0.15, 0.2) is 0 Å². The van der Waals surface area contributed by atoms with Crippen LogP contribution in [0.5, 0.6) is 0 Å². The van der Waals surface area contributed by atoms with Crippen LogP contribution in [0.3, 0.4) is 0 Å². The van der Waals surface area contributed by atoms with Crippen molar-refractivity contribution in [3.8, 4) is 0 Å². The minimum atomic E-state index is -0.415. The molecule has 0 fully saturated rings. The zero-order valence-corrected chi connectivity index (χ0v) is 8.94. The molecule has 0 aliphatic heterocycles. The normalized spacial score (nSPS) is 9.78. The first-order valence-corrected chi connectivity index (χ1v) is 2.45. The largest absolute Gasteiger partial charge is 0.640 e. The van der Waals surface area contributed by atoms with Crippen LogP contribution in [0.2, 0.25) is 0 Å². The molecule has 0 bridgehead atoms. The Morgan fingerprint density at radius 1 is 1.44 bits per heavy atom. The zero-order chi connectivity index (χ0) is 6.78. The summed E-state index contributed by atoms with van der Waals surface area (Å²) < 4.78 is 4.23. The van der Waals surface area contributed by atoms with Crippen LogP contribution in [-0.2, 0) is 42.2 Å². The molecule has 0 spiro atoms. The van der Waals surface area contributed by atoms with Gasteiger partial charge in [0.25, 0.3) is 5.97 Å². The van der Waals surface area contributed by atoms with Crippen LogP contribution < -0.4 is 0 Å². The van der Waals surface area contributed by atoms with Crippen molar-refractivity contribution < 1.29 is 42.2 Å². The molecule has 0 heterocycles. The molecular weight excluding hydrogens is 193 g/mol. The van der Waals surface area contributed by atoms with Gasteiger partial charge in [0.05, 0.1) is 5.41 Å². The molecule has 0 saturated carbocycles. The Bertz CT molecular complexity index is 93.7. The second-order valence-electron chi connectivity index (χ2n) is 2.68. The molecule has 0 saturated heterocycles. The summed E-state index contributed by atoms with van der Waals surface area (Å²) in [6, 6.07) is 0. The van der Waals surface area contributed by atoms with E-state index in [0.717, 1.165) is 0 Å². The van der Waals surface area contributed by atoms with Gasteiger partial charge in [-0.15, -0.1) is 0 Å². The summed E-state index contributed by atoms with van der Waals surface area (Å²) in [6.07, 6.45) is 0. The second kappa shape index (κ2) is 4.40. The van der Waals surface area contributed by atoms with Crippen molar-refractivity contribution in [2.45, 2.75) is 20.8 Å². The molecule has 9 heavy (non-hydrogen) atoms. The van der Waals surface area contributed by atoms with Gasteiger partial charge in [-0.3, -0.25) is 4.79 Å². The summed E-state index contributed by atoms with van der Waals surface area (Å²) in [4.78, 5) is 10.5. The Morgan fingerprint density at radius 3 is 1.78 bits per heavy atom. The first kappa shape index (κ1) is 12.3. The quantitative estimate of drug-likeness (QED) is 0.440. The van der Waals surface area contributed by atoms with Crippen LogP contribution in [0, 0.1) is 12.5 Å². The Kier molecular flexibility index (Phi) is 6.00. The standard InChI is InChI=1S/C6H11O2.Y/c1-6(2,3)5(7)8-4;/h4H2,1-3H3;/q-1;. The predicted octanol–water partition coefficient (Wildman–Crippen LogP) is 1.36. The van der Waals surface area contributed by atoms with E-state index in [0.29, 0.717) is 0 Å². The molecule has 0 N–H and O–H groups in total. The zero-order valence-electron chi connectivity index (χ0n) is 6.10. The minimum Gasteiger partial charge on any atom is -0.640 e. The van der Waals surface area contributed by atoms with Crippen molar-refractivity contribution in [2.75, 3.05) is 0 Å². The molecule has 1 radical (unpaired) electrons. The summed E-state index contributed by atoms with van der Waals surface area (Å²) >= 11 is 0. The van der Waals surface area contributed by atoms with Gasteiger partial charge in [-0.25, -0.2) is 0 Å². The van der Waals surface area contributed by atoms with Crippen molar-refractivity contribution in [3.05, 3.63) is 7.11 Å². The number of esters is 1. The van der Waals surface area contributed by atoms with E-state index in [4.69, 9.17) is 0 Å². The minimum absolute atomic E-state index is 0. The van der Waals surface area contributed by atoms with Gasteiger partial charge in [0, 0.05) is 32.7 Å². The van der Waals surface area contributed by atoms with E-state index in [1.165, 1.54) is 0 Å². The van der Waals surface area contributed by atoms with E-state index in [1.807, 2.05) is 0 Å². The maximum atomic E-state index is 10.5. The van der Waals surface area contributed by atoms with Gasteiger partial charge >= 0.3 is 0 Å². The van der Waals surface area contributed by atoms with Gasteiger partial charge in [-0.1, -0.05) is 0 Å². The average molecular weight is 204 g/mol. The van der Waals surface area contributed by atoms with Gasteiger partial charge in [0.15, 0.2) is 0 Å². The first-order chi connectivity index (χ1) is 3.48. The Hall–Kier alpha value is 0.574. The van der Waals surface area contributed by atoms with E-state index in [1.54, 1.807) is 20.8 Å². The first-order valence-electron chi connectivity index (χ1n) is 2.45. The number of carbonyl (C=O) groups excluding carboxylic acids is 1. The molecule has 0 unspecified atom stereocenters. The summed E-state index contributed by atoms with van der Waals surface area (Å²) in [5.41, 5.74) is -0.415. The Morgan fingerprint density at radius 2 is 1.78 bits per heavy atom. The van der Waals surface area contributed by atoms with Crippen LogP contribution in [0.25, 0.3) is 0 Å². The van der Waals surface area contributed by atoms with E-state index in [2.05, 4.69) is 11.8 Å². The summed E-state index contributed by atoms with van der Waals surface area (Å²) in [6.45, 7) is 5.33. The van der Waals surface area contributed by atoms with Gasteiger partial charge in [0.1, 0.15) is 0 Å². The average Bonchev–Trinajstić information content (AvgIpc) is 1.62. The fourth-order valence-electron chi connectivity index (χ4n) is 0.217. The van der Waals surface area contributed by atoms with E-state index >= 15 is 0 Å². The van der Waals surface area contributed by atoms with E-state index in [9.17, 15) is 4.79 Å². The van der Waals surface area contributed by atoms with E-state index < -0.39 is 5.41 Å². The number of carbonyl (C=O) groups is 1. The topological polar surface area (TPSA) is 26.3 Å². The maximum Gasteiger partial charge on any atom is 0.279 e. The molecule has 0 aliphatic rings. The van der Waals surface area contributed by atoms with Crippen molar-refractivity contribution in [2.24, 2.45) is 5.41 Å². The van der Waals surface area contributed by atoms with Crippen molar-refractivity contribution in [3.63, 3.8) is 0 Å². The second-order valence-corrected chi connectivity index (χ2v) is 2.68. The predicted molar refractivity (Wildman–Crippen MR) is 30.9 cm³/mol. The third-order valence-electron chi connectivity index (χ3n) is 0.743. The van der Waals surface area contributed by atoms with Crippen LogP contribution >= 0.6 is 0 Å². The molecule has 0 aromatic carbocycles. The third kappa shape index (κ3) is 5.04. The van der Waals surface area contributed by atoms with Gasteiger partial charge in [-0.2, -0.15) is 7.11 Å². The number of ether oxygens (including phenoxy) is 1. The van der Waals surface area contributed by atoms with Gasteiger partial charge in [-0.05, 0) is 20.8 Å². The third-order valence-corrected chi connectivity index (χ3v) is 0.743. The number of rotatable bonds is 0. The molecule has 2 nitrogen and oxygen atoms in total. The molecule has 0 aromatic heterocycles. The smallest absolute Gasteiger partial charge is 0.279 e. The van der Waals surface area contributed by atoms with Crippen LogP contribution in [-0.4, -0.2) is 5.97 Å². The fraction of sp³-hybridized carbons (Fsp3) is 0.667. The number of hydrogen-bond donors (Lipinski definition) is 0. The van der Waals surface area contributed by atoms with Crippen molar-refractivity contribution in [1.29, 1.82) is 0 Å². The fourth-order valence-corrected chi connectivity index (χ4v) is 0.217. The number of hydrogen-bond acceptors (Lipinski definition) is 2. The molecule has 0 aromatic rings. The molecule has 51 valence electrons. The Labute approximate surface area is 81.2 Å². The molecular formula is C6H11O2Y-.